The third-order valence-electron chi connectivity index (χ3n) is 3.58. The van der Waals surface area contributed by atoms with Gasteiger partial charge in [0, 0.05) is 19.2 Å². The van der Waals surface area contributed by atoms with E-state index in [0.717, 1.165) is 0 Å². The van der Waals surface area contributed by atoms with Crippen molar-refractivity contribution in [1.82, 2.24) is 4.90 Å². The minimum Gasteiger partial charge on any atom is -0.388 e. The second kappa shape index (κ2) is 5.66. The van der Waals surface area contributed by atoms with Crippen LogP contribution < -0.4 is 11.3 Å². The monoisotopic (exact) mass is 294 g/mol. The Morgan fingerprint density at radius 2 is 2.29 bits per heavy atom. The molecule has 1 fully saturated rings. The Hall–Kier alpha value is -2.19. The largest absolute Gasteiger partial charge is 0.388 e. The van der Waals surface area contributed by atoms with Gasteiger partial charge >= 0.3 is 0 Å². The van der Waals surface area contributed by atoms with Crippen LogP contribution in [0, 0.1) is 10.1 Å². The molecule has 0 radical (unpaired) electrons. The molecule has 1 atom stereocenters. The smallest absolute Gasteiger partial charge is 0.294 e. The molecule has 1 aromatic rings. The standard InChI is InChI=1S/C13H18N4O4/c1-13(19)6-3-7-16(8-13)12(18)9-4-2-5-10(17(20)21)11(9)15-14/h2,4-5,15,19H,3,6-8,14H2,1H3. The molecule has 8 heteroatoms. The molecule has 2 rings (SSSR count). The molecule has 0 aromatic heterocycles. The number of anilines is 1. The molecular weight excluding hydrogens is 276 g/mol. The third-order valence-corrected chi connectivity index (χ3v) is 3.58. The topological polar surface area (TPSA) is 122 Å². The maximum absolute atomic E-state index is 12.5. The van der Waals surface area contributed by atoms with Gasteiger partial charge in [-0.15, -0.1) is 0 Å². The number of carbonyl (C=O) groups is 1. The first kappa shape index (κ1) is 15.2. The highest BCUT2D eigenvalue weighted by Gasteiger charge is 2.33. The quantitative estimate of drug-likeness (QED) is 0.432. The van der Waals surface area contributed by atoms with Crippen LogP contribution in [0.3, 0.4) is 0 Å². The van der Waals surface area contributed by atoms with Crippen molar-refractivity contribution >= 4 is 17.3 Å². The second-order valence-corrected chi connectivity index (χ2v) is 5.43. The van der Waals surface area contributed by atoms with Gasteiger partial charge in [0.05, 0.1) is 16.1 Å². The van der Waals surface area contributed by atoms with Gasteiger partial charge in [-0.2, -0.15) is 0 Å². The van der Waals surface area contributed by atoms with E-state index in [1.807, 2.05) is 0 Å². The summed E-state index contributed by atoms with van der Waals surface area (Å²) < 4.78 is 0. The maximum atomic E-state index is 12.5. The molecule has 114 valence electrons. The van der Waals surface area contributed by atoms with E-state index in [2.05, 4.69) is 5.43 Å². The van der Waals surface area contributed by atoms with Crippen molar-refractivity contribution in [2.24, 2.45) is 5.84 Å². The number of nitro benzene ring substituents is 1. The first-order valence-electron chi connectivity index (χ1n) is 6.61. The summed E-state index contributed by atoms with van der Waals surface area (Å²) in [7, 11) is 0. The molecule has 4 N–H and O–H groups in total. The number of aliphatic hydroxyl groups is 1. The van der Waals surface area contributed by atoms with Gasteiger partial charge in [0.15, 0.2) is 0 Å². The molecule has 21 heavy (non-hydrogen) atoms. The van der Waals surface area contributed by atoms with E-state index in [1.165, 1.54) is 23.1 Å². The summed E-state index contributed by atoms with van der Waals surface area (Å²) in [6.45, 7) is 2.36. The number of β-amino-alcohol motifs (C(OH)–C–C–N with tert-alkyl or cyclic N) is 1. The Kier molecular flexibility index (Phi) is 4.10. The van der Waals surface area contributed by atoms with E-state index in [-0.39, 0.29) is 29.4 Å². The molecule has 1 aliphatic heterocycles. The number of para-hydroxylation sites is 1. The Labute approximate surface area is 121 Å². The fourth-order valence-electron chi connectivity index (χ4n) is 2.59. The lowest BCUT2D eigenvalue weighted by atomic mass is 9.94. The number of nitrogen functional groups attached to an aromatic ring is 1. The SMILES string of the molecule is CC1(O)CCCN(C(=O)c2cccc([N+](=O)[O-])c2NN)C1. The van der Waals surface area contributed by atoms with Crippen LogP contribution in [0.1, 0.15) is 30.1 Å². The highest BCUT2D eigenvalue weighted by Crippen LogP contribution is 2.30. The van der Waals surface area contributed by atoms with E-state index in [9.17, 15) is 20.0 Å². The molecular formula is C13H18N4O4. The van der Waals surface area contributed by atoms with Gasteiger partial charge in [0.1, 0.15) is 5.69 Å². The fraction of sp³-hybridized carbons (Fsp3) is 0.462. The van der Waals surface area contributed by atoms with Crippen LogP contribution in [0.15, 0.2) is 18.2 Å². The van der Waals surface area contributed by atoms with Gasteiger partial charge < -0.3 is 15.4 Å². The number of nitro groups is 1. The number of hydrazine groups is 1. The maximum Gasteiger partial charge on any atom is 0.294 e. The van der Waals surface area contributed by atoms with E-state index in [0.29, 0.717) is 19.4 Å². The minimum atomic E-state index is -0.940. The van der Waals surface area contributed by atoms with Crippen LogP contribution >= 0.6 is 0 Å². The van der Waals surface area contributed by atoms with E-state index in [4.69, 9.17) is 5.84 Å². The van der Waals surface area contributed by atoms with Crippen LogP contribution in [0.5, 0.6) is 0 Å². The Balaban J connectivity index is 2.35. The number of benzene rings is 1. The minimum absolute atomic E-state index is 0.0160. The average molecular weight is 294 g/mol. The lowest BCUT2D eigenvalue weighted by Crippen LogP contribution is -2.48. The first-order chi connectivity index (χ1) is 9.85. The third kappa shape index (κ3) is 3.11. The molecule has 1 saturated heterocycles. The Morgan fingerprint density at radius 1 is 1.57 bits per heavy atom. The normalized spacial score (nSPS) is 22.0. The number of hydrogen-bond donors (Lipinski definition) is 3. The van der Waals surface area contributed by atoms with Crippen LogP contribution in [0.2, 0.25) is 0 Å². The molecule has 1 amide bonds. The number of likely N-dealkylation sites (tertiary alicyclic amines) is 1. The number of carbonyl (C=O) groups excluding carboxylic acids is 1. The van der Waals surface area contributed by atoms with Crippen molar-refractivity contribution in [1.29, 1.82) is 0 Å². The van der Waals surface area contributed by atoms with Crippen LogP contribution in [0.25, 0.3) is 0 Å². The zero-order valence-electron chi connectivity index (χ0n) is 11.7. The summed E-state index contributed by atoms with van der Waals surface area (Å²) in [6.07, 6.45) is 1.30. The number of amides is 1. The summed E-state index contributed by atoms with van der Waals surface area (Å²) in [5.74, 6) is 4.95. The summed E-state index contributed by atoms with van der Waals surface area (Å²) in [4.78, 5) is 24.4. The van der Waals surface area contributed by atoms with E-state index < -0.39 is 10.5 Å². The second-order valence-electron chi connectivity index (χ2n) is 5.43. The molecule has 1 unspecified atom stereocenters. The molecule has 8 nitrogen and oxygen atoms in total. The molecule has 0 spiro atoms. The Bertz CT molecular complexity index is 573. The Morgan fingerprint density at radius 3 is 2.86 bits per heavy atom. The van der Waals surface area contributed by atoms with Gasteiger partial charge in [0.2, 0.25) is 0 Å². The number of rotatable bonds is 3. The van der Waals surface area contributed by atoms with Gasteiger partial charge in [-0.1, -0.05) is 6.07 Å². The first-order valence-corrected chi connectivity index (χ1v) is 6.61. The lowest BCUT2D eigenvalue weighted by Gasteiger charge is -2.37. The van der Waals surface area contributed by atoms with Gasteiger partial charge in [-0.25, -0.2) is 0 Å². The molecule has 0 bridgehead atoms. The molecule has 1 aromatic carbocycles. The van der Waals surface area contributed by atoms with Crippen molar-refractivity contribution in [2.75, 3.05) is 18.5 Å². The summed E-state index contributed by atoms with van der Waals surface area (Å²) >= 11 is 0. The zero-order valence-corrected chi connectivity index (χ0v) is 11.7. The number of nitrogens with zero attached hydrogens (tertiary/aromatic N) is 2. The van der Waals surface area contributed by atoms with Crippen LogP contribution in [-0.4, -0.2) is 39.5 Å². The van der Waals surface area contributed by atoms with Crippen molar-refractivity contribution in [3.05, 3.63) is 33.9 Å². The number of nitrogens with two attached hydrogens (primary N) is 1. The molecule has 0 aliphatic carbocycles. The predicted octanol–water partition coefficient (Wildman–Crippen LogP) is 0.867. The van der Waals surface area contributed by atoms with Crippen LogP contribution in [-0.2, 0) is 0 Å². The number of hydrogen-bond acceptors (Lipinski definition) is 6. The van der Waals surface area contributed by atoms with Gasteiger partial charge in [-0.05, 0) is 25.8 Å². The lowest BCUT2D eigenvalue weighted by molar-refractivity contribution is -0.384. The van der Waals surface area contributed by atoms with E-state index >= 15 is 0 Å². The fourth-order valence-corrected chi connectivity index (χ4v) is 2.59. The van der Waals surface area contributed by atoms with Crippen molar-refractivity contribution in [3.8, 4) is 0 Å². The summed E-state index contributed by atoms with van der Waals surface area (Å²) in [5.41, 5.74) is 1.15. The highest BCUT2D eigenvalue weighted by molar-refractivity contribution is 6.01. The molecule has 1 heterocycles. The number of nitrogens with one attached hydrogen (secondary N) is 1. The average Bonchev–Trinajstić information content (AvgIpc) is 2.44. The van der Waals surface area contributed by atoms with Crippen molar-refractivity contribution in [2.45, 2.75) is 25.4 Å². The number of piperidine rings is 1. The molecule has 1 aliphatic rings. The van der Waals surface area contributed by atoms with E-state index in [1.54, 1.807) is 6.92 Å². The zero-order chi connectivity index (χ0) is 15.6. The summed E-state index contributed by atoms with van der Waals surface area (Å²) in [5, 5.41) is 21.0. The van der Waals surface area contributed by atoms with Crippen molar-refractivity contribution < 1.29 is 14.8 Å². The molecule has 0 saturated carbocycles. The predicted molar refractivity (Wildman–Crippen MR) is 76.7 cm³/mol. The van der Waals surface area contributed by atoms with Crippen molar-refractivity contribution in [3.63, 3.8) is 0 Å². The highest BCUT2D eigenvalue weighted by atomic mass is 16.6. The van der Waals surface area contributed by atoms with Gasteiger partial charge in [-0.3, -0.25) is 20.8 Å². The van der Waals surface area contributed by atoms with Crippen LogP contribution in [0.4, 0.5) is 11.4 Å². The summed E-state index contributed by atoms with van der Waals surface area (Å²) in [6, 6.07) is 4.19. The van der Waals surface area contributed by atoms with Gasteiger partial charge in [0.25, 0.3) is 11.6 Å².